The van der Waals surface area contributed by atoms with Crippen molar-refractivity contribution >= 4 is 17.5 Å². The van der Waals surface area contributed by atoms with Gasteiger partial charge in [0.25, 0.3) is 0 Å². The molecule has 12 heteroatoms. The highest BCUT2D eigenvalue weighted by molar-refractivity contribution is 6.31. The van der Waals surface area contributed by atoms with E-state index in [9.17, 15) is 25.2 Å². The molecule has 11 nitrogen and oxygen atoms in total. The highest BCUT2D eigenvalue weighted by Gasteiger charge is 2.48. The maximum absolute atomic E-state index is 13.0. The number of unbranched alkanes of at least 4 members (excludes halogenated alkanes) is 1. The van der Waals surface area contributed by atoms with Crippen LogP contribution in [0, 0.1) is 6.92 Å². The number of hydrogen-bond donors (Lipinski definition) is 5. The summed E-state index contributed by atoms with van der Waals surface area (Å²) < 4.78 is 18.1. The summed E-state index contributed by atoms with van der Waals surface area (Å²) in [6.45, 7) is 2.89. The van der Waals surface area contributed by atoms with Crippen molar-refractivity contribution in [2.75, 3.05) is 33.4 Å². The first-order chi connectivity index (χ1) is 25.1. The molecule has 0 saturated heterocycles. The largest absolute Gasteiger partial charge is 0.490 e. The van der Waals surface area contributed by atoms with Crippen molar-refractivity contribution in [1.82, 2.24) is 9.88 Å². The third-order valence-electron chi connectivity index (χ3n) is 10.0. The van der Waals surface area contributed by atoms with Crippen molar-refractivity contribution in [2.24, 2.45) is 0 Å². The molecule has 4 atom stereocenters. The van der Waals surface area contributed by atoms with Gasteiger partial charge in [-0.25, -0.2) is 0 Å². The highest BCUT2D eigenvalue weighted by atomic mass is 35.5. The smallest absolute Gasteiger partial charge is 0.222 e. The maximum atomic E-state index is 13.0. The third-order valence-corrected chi connectivity index (χ3v) is 10.4. The number of carbonyl (C=O) groups excluding carboxylic acids is 1. The van der Waals surface area contributed by atoms with Crippen molar-refractivity contribution in [3.8, 4) is 16.9 Å². The van der Waals surface area contributed by atoms with E-state index >= 15 is 0 Å². The summed E-state index contributed by atoms with van der Waals surface area (Å²) in [6, 6.07) is 14.3. The zero-order valence-electron chi connectivity index (χ0n) is 30.1. The number of para-hydroxylation sites is 1. The molecule has 0 aliphatic heterocycles. The zero-order valence-corrected chi connectivity index (χ0v) is 30.9. The van der Waals surface area contributed by atoms with Gasteiger partial charge in [-0.3, -0.25) is 9.78 Å². The molecular formula is C40H53ClN2O9. The van der Waals surface area contributed by atoms with Gasteiger partial charge in [0.1, 0.15) is 24.1 Å². The minimum atomic E-state index is -1.73. The number of aromatic nitrogens is 1. The number of methoxy groups -OCH3 is 1. The van der Waals surface area contributed by atoms with Crippen LogP contribution in [-0.2, 0) is 32.9 Å². The van der Waals surface area contributed by atoms with E-state index in [0.717, 1.165) is 84.1 Å². The van der Waals surface area contributed by atoms with Gasteiger partial charge >= 0.3 is 0 Å². The Balaban J connectivity index is 1.14. The van der Waals surface area contributed by atoms with Crippen molar-refractivity contribution in [3.05, 3.63) is 82.1 Å². The second-order valence-corrected chi connectivity index (χ2v) is 14.5. The van der Waals surface area contributed by atoms with Gasteiger partial charge in [-0.05, 0) is 98.7 Å². The Kier molecular flexibility index (Phi) is 14.5. The molecule has 2 aromatic carbocycles. The first kappa shape index (κ1) is 40.1. The minimum Gasteiger partial charge on any atom is -0.490 e. The number of aliphatic hydroxyl groups is 5. The van der Waals surface area contributed by atoms with Crippen LogP contribution in [0.3, 0.4) is 0 Å². The fraction of sp³-hybridized carbons (Fsp3) is 0.550. The Morgan fingerprint density at radius 2 is 1.75 bits per heavy atom. The van der Waals surface area contributed by atoms with E-state index in [2.05, 4.69) is 24.0 Å². The Morgan fingerprint density at radius 1 is 1.00 bits per heavy atom. The Hall–Kier alpha value is -3.13. The van der Waals surface area contributed by atoms with Gasteiger partial charge in [0.15, 0.2) is 0 Å². The van der Waals surface area contributed by atoms with E-state index < -0.39 is 36.6 Å². The van der Waals surface area contributed by atoms with Crippen LogP contribution in [0.25, 0.3) is 11.1 Å². The van der Waals surface area contributed by atoms with Crippen molar-refractivity contribution < 1.29 is 44.5 Å². The molecule has 5 N–H and O–H groups in total. The van der Waals surface area contributed by atoms with Crippen LogP contribution in [0.15, 0.2) is 54.9 Å². The number of aryl methyl sites for hydroxylation is 2. The van der Waals surface area contributed by atoms with Gasteiger partial charge in [-0.15, -0.1) is 0 Å². The van der Waals surface area contributed by atoms with Crippen LogP contribution in [0.4, 0.5) is 0 Å². The second kappa shape index (κ2) is 18.8. The molecule has 284 valence electrons. The van der Waals surface area contributed by atoms with Crippen LogP contribution < -0.4 is 4.74 Å². The summed E-state index contributed by atoms with van der Waals surface area (Å²) in [5.74, 6) is 0.675. The van der Waals surface area contributed by atoms with Crippen molar-refractivity contribution in [2.45, 2.75) is 107 Å². The molecule has 0 unspecified atom stereocenters. The Morgan fingerprint density at radius 3 is 2.46 bits per heavy atom. The van der Waals surface area contributed by atoms with E-state index in [1.807, 2.05) is 42.7 Å². The summed E-state index contributed by atoms with van der Waals surface area (Å²) in [7, 11) is 1.56. The van der Waals surface area contributed by atoms with E-state index in [1.165, 1.54) is 0 Å². The normalized spacial score (nSPS) is 17.3. The molecule has 0 radical (unpaired) electrons. The molecule has 3 aromatic rings. The minimum absolute atomic E-state index is 0.0619. The first-order valence-corrected chi connectivity index (χ1v) is 18.7. The second-order valence-electron chi connectivity index (χ2n) is 14.1. The summed E-state index contributed by atoms with van der Waals surface area (Å²) in [5.41, 5.74) is 5.95. The number of nitrogens with zero attached hydrogens (tertiary/aromatic N) is 2. The molecule has 0 bridgehead atoms. The van der Waals surface area contributed by atoms with Crippen LogP contribution in [0.2, 0.25) is 5.02 Å². The number of halogens is 1. The lowest BCUT2D eigenvalue weighted by Gasteiger charge is -2.27. The predicted molar refractivity (Wildman–Crippen MR) is 197 cm³/mol. The lowest BCUT2D eigenvalue weighted by atomic mass is 9.96. The average molecular weight is 741 g/mol. The predicted octanol–water partition coefficient (Wildman–Crippen LogP) is 4.47. The first-order valence-electron chi connectivity index (χ1n) is 18.3. The lowest BCUT2D eigenvalue weighted by molar-refractivity contribution is -0.135. The number of carbonyl (C=O) groups is 1. The lowest BCUT2D eigenvalue weighted by Crippen LogP contribution is -2.46. The SMILES string of the molecule is COCCN(CCCCc1cc(Cl)c(COC2(c3cnccc3-c3ccccc3OC3CC3)CC2)cc1C)C(=O)CC[C@H](O)[C@@H](O)[C@H](O)[C@H](O)CO. The van der Waals surface area contributed by atoms with Gasteiger partial charge in [0.05, 0.1) is 37.6 Å². The molecule has 5 rings (SSSR count). The van der Waals surface area contributed by atoms with Crippen LogP contribution in [-0.4, -0.2) is 105 Å². The van der Waals surface area contributed by atoms with E-state index in [0.29, 0.717) is 37.4 Å². The van der Waals surface area contributed by atoms with Gasteiger partial charge in [0.2, 0.25) is 5.91 Å². The number of amides is 1. The fourth-order valence-electron chi connectivity index (χ4n) is 6.48. The van der Waals surface area contributed by atoms with Crippen LogP contribution in [0.1, 0.15) is 73.6 Å². The molecule has 52 heavy (non-hydrogen) atoms. The Labute approximate surface area is 311 Å². The molecule has 2 aliphatic rings. The molecule has 2 saturated carbocycles. The Bertz CT molecular complexity index is 1620. The van der Waals surface area contributed by atoms with Crippen molar-refractivity contribution in [3.63, 3.8) is 0 Å². The number of ether oxygens (including phenoxy) is 3. The van der Waals surface area contributed by atoms with Crippen molar-refractivity contribution in [1.29, 1.82) is 0 Å². The van der Waals surface area contributed by atoms with Gasteiger partial charge in [-0.1, -0.05) is 35.9 Å². The number of aliphatic hydroxyl groups excluding tert-OH is 5. The number of hydrogen-bond acceptors (Lipinski definition) is 10. The summed E-state index contributed by atoms with van der Waals surface area (Å²) in [6.07, 6.45) is 3.70. The average Bonchev–Trinajstić information content (AvgIpc) is 4.11. The van der Waals surface area contributed by atoms with Gasteiger partial charge < -0.3 is 44.6 Å². The van der Waals surface area contributed by atoms with Crippen LogP contribution in [0.5, 0.6) is 5.75 Å². The summed E-state index contributed by atoms with van der Waals surface area (Å²) >= 11 is 6.83. The van der Waals surface area contributed by atoms with E-state index in [-0.39, 0.29) is 18.7 Å². The summed E-state index contributed by atoms with van der Waals surface area (Å²) in [4.78, 5) is 19.1. The molecule has 0 spiro atoms. The monoisotopic (exact) mass is 740 g/mol. The topological polar surface area (TPSA) is 162 Å². The summed E-state index contributed by atoms with van der Waals surface area (Å²) in [5, 5.41) is 49.4. The molecule has 1 heterocycles. The zero-order chi connectivity index (χ0) is 37.3. The quantitative estimate of drug-likeness (QED) is 0.0930. The molecule has 2 fully saturated rings. The molecule has 1 amide bonds. The molecule has 2 aliphatic carbocycles. The van der Waals surface area contributed by atoms with E-state index in [4.69, 9.17) is 30.9 Å². The molecular weight excluding hydrogens is 688 g/mol. The van der Waals surface area contributed by atoms with E-state index in [1.54, 1.807) is 12.0 Å². The van der Waals surface area contributed by atoms with Crippen LogP contribution >= 0.6 is 11.6 Å². The number of pyridine rings is 1. The highest BCUT2D eigenvalue weighted by Crippen LogP contribution is 2.53. The maximum Gasteiger partial charge on any atom is 0.222 e. The van der Waals surface area contributed by atoms with Gasteiger partial charge in [0, 0.05) is 55.2 Å². The fourth-order valence-corrected chi connectivity index (χ4v) is 6.72. The number of rotatable bonds is 22. The van der Waals surface area contributed by atoms with Gasteiger partial charge in [-0.2, -0.15) is 0 Å². The standard InChI is InChI=1S/C40H53ClN2O9/c1-26-21-28(25-51-40(15-16-40)32-23-42-17-14-30(32)31-8-3-4-9-36(31)52-29-10-11-29)33(41)22-27(26)7-5-6-18-43(19-20-50-2)37(47)13-12-34(45)38(48)39(49)35(46)24-44/h3-4,8-9,14,17,21-23,29,34-35,38-39,44-46,48-49H,5-7,10-13,15-16,18-20,24-25H2,1-2H3/t34-,35+,38+,39+/m0/s1. The number of benzene rings is 2. The third kappa shape index (κ3) is 10.5. The molecule has 1 aromatic heterocycles.